The van der Waals surface area contributed by atoms with E-state index in [1.54, 1.807) is 6.20 Å². The first-order chi connectivity index (χ1) is 13.8. The second kappa shape index (κ2) is 8.63. The van der Waals surface area contributed by atoms with Gasteiger partial charge in [-0.1, -0.05) is 24.3 Å². The first kappa shape index (κ1) is 18.1. The Balaban J connectivity index is 1.67. The van der Waals surface area contributed by atoms with Crippen LogP contribution in [-0.2, 0) is 6.54 Å². The van der Waals surface area contributed by atoms with E-state index in [0.29, 0.717) is 12.6 Å². The Morgan fingerprint density at radius 3 is 2.93 bits per heavy atom. The summed E-state index contributed by atoms with van der Waals surface area (Å²) in [6.07, 6.45) is 8.78. The Morgan fingerprint density at radius 2 is 1.96 bits per heavy atom. The van der Waals surface area contributed by atoms with Crippen molar-refractivity contribution in [2.45, 2.75) is 13.0 Å². The number of hydrogen-bond donors (Lipinski definition) is 1. The molecular weight excluding hydrogens is 350 g/mol. The van der Waals surface area contributed by atoms with Gasteiger partial charge in [0.1, 0.15) is 11.6 Å². The largest absolute Gasteiger partial charge is 0.493 e. The Hall–Kier alpha value is -3.25. The highest BCUT2D eigenvalue weighted by Crippen LogP contribution is 2.23. The first-order valence-electron chi connectivity index (χ1n) is 9.38. The van der Waals surface area contributed by atoms with Crippen molar-refractivity contribution in [3.05, 3.63) is 72.6 Å². The molecule has 1 aromatic carbocycles. The van der Waals surface area contributed by atoms with Crippen molar-refractivity contribution in [3.8, 4) is 17.0 Å². The summed E-state index contributed by atoms with van der Waals surface area (Å²) in [7, 11) is 2.10. The van der Waals surface area contributed by atoms with Crippen molar-refractivity contribution in [1.29, 1.82) is 0 Å². The molecule has 142 valence electrons. The zero-order chi connectivity index (χ0) is 19.2. The van der Waals surface area contributed by atoms with Crippen molar-refractivity contribution >= 4 is 11.8 Å². The van der Waals surface area contributed by atoms with Gasteiger partial charge in [-0.25, -0.2) is 15.0 Å². The van der Waals surface area contributed by atoms with Crippen LogP contribution in [0.5, 0.6) is 5.75 Å². The van der Waals surface area contributed by atoms with E-state index in [4.69, 9.17) is 4.74 Å². The summed E-state index contributed by atoms with van der Waals surface area (Å²) in [4.78, 5) is 15.6. The summed E-state index contributed by atoms with van der Waals surface area (Å²) in [5.74, 6) is 2.09. The first-order valence-corrected chi connectivity index (χ1v) is 9.38. The molecule has 0 saturated heterocycles. The van der Waals surface area contributed by atoms with Gasteiger partial charge in [-0.2, -0.15) is 0 Å². The minimum Gasteiger partial charge on any atom is -0.493 e. The molecule has 0 fully saturated rings. The molecule has 0 saturated carbocycles. The maximum absolute atomic E-state index is 5.89. The lowest BCUT2D eigenvalue weighted by molar-refractivity contribution is 0.324. The molecule has 0 unspecified atom stereocenters. The lowest BCUT2D eigenvalue weighted by Crippen LogP contribution is -2.17. The fourth-order valence-corrected chi connectivity index (χ4v) is 3.07. The third-order valence-electron chi connectivity index (χ3n) is 4.44. The molecule has 1 aliphatic rings. The molecule has 0 atom stereocenters. The number of rotatable bonds is 0. The molecule has 0 aliphatic carbocycles. The van der Waals surface area contributed by atoms with Gasteiger partial charge in [0.05, 0.1) is 12.3 Å². The maximum Gasteiger partial charge on any atom is 0.228 e. The van der Waals surface area contributed by atoms with Gasteiger partial charge < -0.3 is 10.1 Å². The molecule has 6 bridgehead atoms. The van der Waals surface area contributed by atoms with Gasteiger partial charge in [0.2, 0.25) is 5.95 Å². The lowest BCUT2D eigenvalue weighted by atomic mass is 10.1. The van der Waals surface area contributed by atoms with Crippen molar-refractivity contribution in [2.24, 2.45) is 0 Å². The van der Waals surface area contributed by atoms with Gasteiger partial charge in [-0.3, -0.25) is 4.90 Å². The SMILES string of the molecule is CN1C/C=C/CCOc2cccc(c2)-c2ccnc(n2)Nc2cc(ccn2)C1. The number of likely N-dealkylation sites (N-methyl/N-ethyl adjacent to an activating group) is 1. The molecule has 3 aromatic rings. The van der Waals surface area contributed by atoms with E-state index in [0.717, 1.165) is 42.3 Å². The van der Waals surface area contributed by atoms with Crippen LogP contribution >= 0.6 is 0 Å². The molecule has 1 N–H and O–H groups in total. The number of pyridine rings is 1. The van der Waals surface area contributed by atoms with Crippen molar-refractivity contribution < 1.29 is 4.74 Å². The summed E-state index contributed by atoms with van der Waals surface area (Å²) in [5.41, 5.74) is 3.00. The van der Waals surface area contributed by atoms with E-state index >= 15 is 0 Å². The fourth-order valence-electron chi connectivity index (χ4n) is 3.07. The topological polar surface area (TPSA) is 63.2 Å². The van der Waals surface area contributed by atoms with Crippen LogP contribution in [-0.4, -0.2) is 40.1 Å². The average molecular weight is 373 g/mol. The Bertz CT molecular complexity index is 972. The van der Waals surface area contributed by atoms with Gasteiger partial charge in [-0.05, 0) is 49.4 Å². The Morgan fingerprint density at radius 1 is 1.04 bits per heavy atom. The van der Waals surface area contributed by atoms with E-state index < -0.39 is 0 Å². The third kappa shape index (κ3) is 4.72. The molecule has 0 amide bonds. The number of nitrogens with zero attached hydrogens (tertiary/aromatic N) is 4. The van der Waals surface area contributed by atoms with Crippen molar-refractivity contribution in [3.63, 3.8) is 0 Å². The van der Waals surface area contributed by atoms with Crippen LogP contribution in [0, 0.1) is 0 Å². The van der Waals surface area contributed by atoms with Gasteiger partial charge in [-0.15, -0.1) is 0 Å². The van der Waals surface area contributed by atoms with Crippen LogP contribution in [0.15, 0.2) is 67.0 Å². The highest BCUT2D eigenvalue weighted by atomic mass is 16.5. The molecule has 3 heterocycles. The Labute approximate surface area is 164 Å². The predicted molar refractivity (Wildman–Crippen MR) is 111 cm³/mol. The second-order valence-electron chi connectivity index (χ2n) is 6.77. The average Bonchev–Trinajstić information content (AvgIpc) is 2.71. The number of anilines is 2. The molecule has 28 heavy (non-hydrogen) atoms. The number of benzene rings is 1. The number of hydrogen-bond acceptors (Lipinski definition) is 6. The molecule has 6 heteroatoms. The standard InChI is InChI=1S/C22H23N5O/c1-27-12-3-2-4-13-28-19-7-5-6-18(15-19)20-9-11-24-22(25-20)26-21-14-17(16-27)8-10-23-21/h2-3,5-11,14-15H,4,12-13,16H2,1H3,(H,23,24,25,26)/b3-2+. The zero-order valence-electron chi connectivity index (χ0n) is 15.9. The zero-order valence-corrected chi connectivity index (χ0v) is 15.9. The summed E-state index contributed by atoms with van der Waals surface area (Å²) in [6.45, 7) is 2.36. The summed E-state index contributed by atoms with van der Waals surface area (Å²) >= 11 is 0. The van der Waals surface area contributed by atoms with E-state index in [9.17, 15) is 0 Å². The van der Waals surface area contributed by atoms with Crippen LogP contribution in [0.4, 0.5) is 11.8 Å². The number of nitrogens with one attached hydrogen (secondary N) is 1. The van der Waals surface area contributed by atoms with Gasteiger partial charge in [0, 0.05) is 31.0 Å². The number of ether oxygens (including phenoxy) is 1. The molecule has 6 nitrogen and oxygen atoms in total. The molecule has 2 aromatic heterocycles. The minimum absolute atomic E-state index is 0.519. The van der Waals surface area contributed by atoms with Gasteiger partial charge in [0.25, 0.3) is 0 Å². The predicted octanol–water partition coefficient (Wildman–Crippen LogP) is 4.05. The lowest BCUT2D eigenvalue weighted by Gasteiger charge is -2.15. The van der Waals surface area contributed by atoms with Crippen LogP contribution in [0.25, 0.3) is 11.3 Å². The maximum atomic E-state index is 5.89. The summed E-state index contributed by atoms with van der Waals surface area (Å²) in [6, 6.07) is 13.9. The van der Waals surface area contributed by atoms with Crippen LogP contribution in [0.2, 0.25) is 0 Å². The fraction of sp³-hybridized carbons (Fsp3) is 0.227. The van der Waals surface area contributed by atoms with Gasteiger partial charge >= 0.3 is 0 Å². The second-order valence-corrected chi connectivity index (χ2v) is 6.77. The molecule has 0 radical (unpaired) electrons. The van der Waals surface area contributed by atoms with Crippen molar-refractivity contribution in [2.75, 3.05) is 25.5 Å². The number of aromatic nitrogens is 3. The third-order valence-corrected chi connectivity index (χ3v) is 4.44. The smallest absolute Gasteiger partial charge is 0.228 e. The van der Waals surface area contributed by atoms with Crippen molar-refractivity contribution in [1.82, 2.24) is 19.9 Å². The number of fused-ring (bicyclic) bond motifs is 7. The quantitative estimate of drug-likeness (QED) is 0.600. The van der Waals surface area contributed by atoms with Crippen LogP contribution in [0.3, 0.4) is 0 Å². The highest BCUT2D eigenvalue weighted by Gasteiger charge is 2.07. The highest BCUT2D eigenvalue weighted by molar-refractivity contribution is 5.63. The van der Waals surface area contributed by atoms with E-state index in [1.165, 1.54) is 5.56 Å². The molecule has 1 aliphatic heterocycles. The summed E-state index contributed by atoms with van der Waals surface area (Å²) in [5, 5.41) is 3.21. The molecule has 0 spiro atoms. The van der Waals surface area contributed by atoms with E-state index in [1.807, 2.05) is 48.7 Å². The van der Waals surface area contributed by atoms with Gasteiger partial charge in [0.15, 0.2) is 0 Å². The molecular formula is C22H23N5O. The minimum atomic E-state index is 0.519. The van der Waals surface area contributed by atoms with Crippen LogP contribution in [0.1, 0.15) is 12.0 Å². The normalized spacial score (nSPS) is 16.2. The monoisotopic (exact) mass is 373 g/mol. The molecule has 4 rings (SSSR count). The van der Waals surface area contributed by atoms with E-state index in [2.05, 4.69) is 44.4 Å². The van der Waals surface area contributed by atoms with Crippen LogP contribution < -0.4 is 10.1 Å². The Kier molecular flexibility index (Phi) is 5.58. The summed E-state index contributed by atoms with van der Waals surface area (Å²) < 4.78 is 5.89. The van der Waals surface area contributed by atoms with E-state index in [-0.39, 0.29) is 0 Å².